The molecule has 98 valence electrons. The number of nitrogens with two attached hydrogens (primary N) is 1. The summed E-state index contributed by atoms with van der Waals surface area (Å²) in [7, 11) is 0. The fourth-order valence-corrected chi connectivity index (χ4v) is 1.08. The number of hydrogen-bond donors (Lipinski definition) is 2. The topological polar surface area (TPSA) is 59.6 Å². The van der Waals surface area contributed by atoms with Gasteiger partial charge in [-0.1, -0.05) is 0 Å². The molecule has 0 aliphatic heterocycles. The molecule has 0 fully saturated rings. The third kappa shape index (κ3) is 14.0. The normalized spacial score (nSPS) is 12.1. The van der Waals surface area contributed by atoms with Crippen LogP contribution in [0.4, 0.5) is 0 Å². The van der Waals surface area contributed by atoms with E-state index in [-0.39, 0.29) is 29.5 Å². The Balaban J connectivity index is 0. The molecule has 0 bridgehead atoms. The molecule has 0 aliphatic carbocycles. The second-order valence-electron chi connectivity index (χ2n) is 4.55. The van der Waals surface area contributed by atoms with Crippen LogP contribution in [0.3, 0.4) is 0 Å². The maximum absolute atomic E-state index is 5.71. The molecular formula is C11H26IN3O. The zero-order valence-corrected chi connectivity index (χ0v) is 13.2. The lowest BCUT2D eigenvalue weighted by molar-refractivity contribution is 0.144. The fourth-order valence-electron chi connectivity index (χ4n) is 1.08. The summed E-state index contributed by atoms with van der Waals surface area (Å²) in [5.41, 5.74) is 5.69. The Kier molecular flexibility index (Phi) is 11.6. The molecule has 0 saturated heterocycles. The van der Waals surface area contributed by atoms with Crippen LogP contribution in [0.25, 0.3) is 0 Å². The van der Waals surface area contributed by atoms with Gasteiger partial charge in [-0.15, -0.1) is 24.0 Å². The minimum Gasteiger partial charge on any atom is -0.382 e. The summed E-state index contributed by atoms with van der Waals surface area (Å²) in [5, 5.41) is 3.12. The van der Waals surface area contributed by atoms with Crippen molar-refractivity contribution in [3.8, 4) is 0 Å². The molecule has 4 nitrogen and oxygen atoms in total. The van der Waals surface area contributed by atoms with E-state index in [1.807, 2.05) is 6.92 Å². The van der Waals surface area contributed by atoms with Crippen LogP contribution in [0.15, 0.2) is 4.99 Å². The van der Waals surface area contributed by atoms with Crippen molar-refractivity contribution in [3.05, 3.63) is 0 Å². The Bertz CT molecular complexity index is 190. The number of hydrogen-bond acceptors (Lipinski definition) is 2. The first-order valence-corrected chi connectivity index (χ1v) is 5.61. The van der Waals surface area contributed by atoms with E-state index in [1.54, 1.807) is 0 Å². The van der Waals surface area contributed by atoms with E-state index in [4.69, 9.17) is 10.5 Å². The smallest absolute Gasteiger partial charge is 0.188 e. The Labute approximate surface area is 116 Å². The predicted octanol–water partition coefficient (Wildman–Crippen LogP) is 2.12. The van der Waals surface area contributed by atoms with Crippen molar-refractivity contribution < 1.29 is 4.74 Å². The molecular weight excluding hydrogens is 317 g/mol. The molecule has 0 saturated carbocycles. The van der Waals surface area contributed by atoms with Gasteiger partial charge in [0.15, 0.2) is 5.96 Å². The van der Waals surface area contributed by atoms with Crippen LogP contribution >= 0.6 is 24.0 Å². The average molecular weight is 343 g/mol. The van der Waals surface area contributed by atoms with Crippen molar-refractivity contribution >= 4 is 29.9 Å². The zero-order valence-electron chi connectivity index (χ0n) is 10.9. The molecule has 0 atom stereocenters. The van der Waals surface area contributed by atoms with Gasteiger partial charge in [-0.3, -0.25) is 4.99 Å². The van der Waals surface area contributed by atoms with Crippen molar-refractivity contribution in [2.24, 2.45) is 10.7 Å². The van der Waals surface area contributed by atoms with Crippen LogP contribution in [0.1, 0.15) is 40.5 Å². The van der Waals surface area contributed by atoms with Gasteiger partial charge in [-0.25, -0.2) is 0 Å². The minimum atomic E-state index is -0.0150. The molecule has 5 heteroatoms. The third-order valence-corrected chi connectivity index (χ3v) is 1.69. The molecule has 0 aromatic carbocycles. The number of rotatable bonds is 6. The molecule has 0 aromatic rings. The highest BCUT2D eigenvalue weighted by Gasteiger charge is 2.09. The van der Waals surface area contributed by atoms with Gasteiger partial charge >= 0.3 is 0 Å². The summed E-state index contributed by atoms with van der Waals surface area (Å²) in [6.45, 7) is 10.6. The average Bonchev–Trinajstić information content (AvgIpc) is 2.08. The van der Waals surface area contributed by atoms with Crippen LogP contribution in [0.2, 0.25) is 0 Å². The van der Waals surface area contributed by atoms with Crippen molar-refractivity contribution in [2.45, 2.75) is 46.1 Å². The standard InChI is InChI=1S/C11H25N3O.HI/c1-5-15-9-7-6-8-13-10(12)14-11(2,3)4;/h5-9H2,1-4H3,(H3,12,13,14);1H. The fraction of sp³-hybridized carbons (Fsp3) is 0.909. The SMILES string of the molecule is CCOCCCCN=C(N)NC(C)(C)C.I. The second kappa shape index (κ2) is 10.1. The van der Waals surface area contributed by atoms with Crippen molar-refractivity contribution in [3.63, 3.8) is 0 Å². The van der Waals surface area contributed by atoms with Gasteiger partial charge in [-0.2, -0.15) is 0 Å². The molecule has 16 heavy (non-hydrogen) atoms. The summed E-state index contributed by atoms with van der Waals surface area (Å²) in [6, 6.07) is 0. The van der Waals surface area contributed by atoms with E-state index in [1.165, 1.54) is 0 Å². The minimum absolute atomic E-state index is 0. The molecule has 0 aromatic heterocycles. The second-order valence-corrected chi connectivity index (χ2v) is 4.55. The van der Waals surface area contributed by atoms with Crippen molar-refractivity contribution in [2.75, 3.05) is 19.8 Å². The van der Waals surface area contributed by atoms with E-state index in [0.717, 1.165) is 32.6 Å². The molecule has 3 N–H and O–H groups in total. The van der Waals surface area contributed by atoms with E-state index in [2.05, 4.69) is 31.1 Å². The molecule has 0 amide bonds. The highest BCUT2D eigenvalue weighted by molar-refractivity contribution is 14.0. The van der Waals surface area contributed by atoms with Gasteiger partial charge in [0.05, 0.1) is 0 Å². The summed E-state index contributed by atoms with van der Waals surface area (Å²) in [5.74, 6) is 0.527. The predicted molar refractivity (Wildman–Crippen MR) is 80.5 cm³/mol. The van der Waals surface area contributed by atoms with Gasteiger partial charge in [-0.05, 0) is 40.5 Å². The molecule has 0 rings (SSSR count). The number of nitrogens with one attached hydrogen (secondary N) is 1. The van der Waals surface area contributed by atoms with Gasteiger partial charge < -0.3 is 15.8 Å². The van der Waals surface area contributed by atoms with Crippen LogP contribution in [-0.4, -0.2) is 31.3 Å². The number of nitrogens with zero attached hydrogens (tertiary/aromatic N) is 1. The lowest BCUT2D eigenvalue weighted by Crippen LogP contribution is -2.45. The lowest BCUT2D eigenvalue weighted by Gasteiger charge is -2.20. The Morgan fingerprint density at radius 1 is 1.31 bits per heavy atom. The third-order valence-electron chi connectivity index (χ3n) is 1.69. The summed E-state index contributed by atoms with van der Waals surface area (Å²) < 4.78 is 5.23. The van der Waals surface area contributed by atoms with E-state index in [0.29, 0.717) is 5.96 Å². The monoisotopic (exact) mass is 343 g/mol. The number of ether oxygens (including phenoxy) is 1. The summed E-state index contributed by atoms with van der Waals surface area (Å²) >= 11 is 0. The largest absolute Gasteiger partial charge is 0.382 e. The number of unbranched alkanes of at least 4 members (excludes halogenated alkanes) is 1. The maximum atomic E-state index is 5.71. The number of guanidine groups is 1. The summed E-state index contributed by atoms with van der Waals surface area (Å²) in [6.07, 6.45) is 2.06. The van der Waals surface area contributed by atoms with Crippen LogP contribution in [-0.2, 0) is 4.74 Å². The van der Waals surface area contributed by atoms with E-state index in [9.17, 15) is 0 Å². The van der Waals surface area contributed by atoms with Gasteiger partial charge in [0, 0.05) is 25.3 Å². The highest BCUT2D eigenvalue weighted by Crippen LogP contribution is 1.97. The molecule has 0 spiro atoms. The van der Waals surface area contributed by atoms with Crippen LogP contribution < -0.4 is 11.1 Å². The van der Waals surface area contributed by atoms with Gasteiger partial charge in [0.25, 0.3) is 0 Å². The first-order valence-electron chi connectivity index (χ1n) is 5.61. The Morgan fingerprint density at radius 3 is 2.44 bits per heavy atom. The number of halogens is 1. The van der Waals surface area contributed by atoms with Crippen LogP contribution in [0.5, 0.6) is 0 Å². The quantitative estimate of drug-likeness (QED) is 0.336. The zero-order chi connectivity index (χ0) is 11.7. The van der Waals surface area contributed by atoms with E-state index < -0.39 is 0 Å². The molecule has 0 heterocycles. The van der Waals surface area contributed by atoms with Gasteiger partial charge in [0.2, 0.25) is 0 Å². The first kappa shape index (κ1) is 18.3. The number of aliphatic imine (C=N–C) groups is 1. The van der Waals surface area contributed by atoms with Crippen molar-refractivity contribution in [1.29, 1.82) is 0 Å². The first-order chi connectivity index (χ1) is 6.95. The highest BCUT2D eigenvalue weighted by atomic mass is 127. The Hall–Kier alpha value is -0.0400. The summed E-state index contributed by atoms with van der Waals surface area (Å²) in [4.78, 5) is 4.23. The van der Waals surface area contributed by atoms with Crippen LogP contribution in [0, 0.1) is 0 Å². The lowest BCUT2D eigenvalue weighted by atomic mass is 10.1. The Morgan fingerprint density at radius 2 is 1.94 bits per heavy atom. The maximum Gasteiger partial charge on any atom is 0.188 e. The molecule has 0 aliphatic rings. The van der Waals surface area contributed by atoms with Gasteiger partial charge in [0.1, 0.15) is 0 Å². The molecule has 0 radical (unpaired) electrons. The van der Waals surface area contributed by atoms with Crippen molar-refractivity contribution in [1.82, 2.24) is 5.32 Å². The van der Waals surface area contributed by atoms with E-state index >= 15 is 0 Å². The molecule has 0 unspecified atom stereocenters.